The maximum absolute atomic E-state index is 12.9. The van der Waals surface area contributed by atoms with Gasteiger partial charge in [-0.15, -0.1) is 0 Å². The van der Waals surface area contributed by atoms with E-state index in [1.54, 1.807) is 6.92 Å². The Kier molecular flexibility index (Phi) is 6.59. The topological polar surface area (TPSA) is 69.4 Å². The van der Waals surface area contributed by atoms with Gasteiger partial charge in [0.15, 0.2) is 12.4 Å². The molecule has 2 aromatic carbocycles. The first-order valence-electron chi connectivity index (χ1n) is 8.31. The summed E-state index contributed by atoms with van der Waals surface area (Å²) < 4.78 is 82.5. The number of nitrogens with two attached hydrogens (primary N) is 1. The summed E-state index contributed by atoms with van der Waals surface area (Å²) in [6, 6.07) is 5.17. The molecule has 2 N–H and O–H groups in total. The van der Waals surface area contributed by atoms with Crippen LogP contribution in [0.25, 0.3) is 6.08 Å². The van der Waals surface area contributed by atoms with Crippen LogP contribution < -0.4 is 10.5 Å². The molecule has 0 saturated carbocycles. The Morgan fingerprint density at radius 2 is 1.53 bits per heavy atom. The van der Waals surface area contributed by atoms with Gasteiger partial charge in [-0.1, -0.05) is 6.08 Å². The van der Waals surface area contributed by atoms with E-state index in [0.717, 1.165) is 12.2 Å². The molecule has 0 unspecified atom stereocenters. The Labute approximate surface area is 166 Å². The SMILES string of the molecule is Cc1cc(C(=O)/C=C/c2cc(C(F)(F)F)cc(C(F)(F)F)c2)ccc1OCC(N)=O. The van der Waals surface area contributed by atoms with Crippen molar-refractivity contribution in [3.8, 4) is 5.75 Å². The first-order valence-corrected chi connectivity index (χ1v) is 8.31. The number of carbonyl (C=O) groups excluding carboxylic acids is 2. The molecule has 160 valence electrons. The van der Waals surface area contributed by atoms with Gasteiger partial charge in [-0.3, -0.25) is 9.59 Å². The molecular weight excluding hydrogens is 416 g/mol. The van der Waals surface area contributed by atoms with Crippen LogP contribution in [0.4, 0.5) is 26.3 Å². The van der Waals surface area contributed by atoms with Crippen LogP contribution in [-0.4, -0.2) is 18.3 Å². The third-order valence-corrected chi connectivity index (χ3v) is 3.87. The van der Waals surface area contributed by atoms with Gasteiger partial charge in [-0.2, -0.15) is 26.3 Å². The number of ketones is 1. The average Bonchev–Trinajstić information content (AvgIpc) is 2.63. The number of halogens is 6. The largest absolute Gasteiger partial charge is 0.484 e. The van der Waals surface area contributed by atoms with E-state index in [-0.39, 0.29) is 18.2 Å². The molecule has 1 amide bonds. The maximum atomic E-state index is 12.9. The Bertz CT molecular complexity index is 961. The van der Waals surface area contributed by atoms with Crippen molar-refractivity contribution < 1.29 is 40.7 Å². The highest BCUT2D eigenvalue weighted by atomic mass is 19.4. The summed E-state index contributed by atoms with van der Waals surface area (Å²) in [4.78, 5) is 23.0. The number of hydrogen-bond donors (Lipinski definition) is 1. The molecule has 10 heteroatoms. The number of rotatable bonds is 6. The zero-order valence-corrected chi connectivity index (χ0v) is 15.4. The lowest BCUT2D eigenvalue weighted by Crippen LogP contribution is -2.20. The Balaban J connectivity index is 2.29. The van der Waals surface area contributed by atoms with Crippen LogP contribution in [0.5, 0.6) is 5.75 Å². The normalized spacial score (nSPS) is 12.2. The van der Waals surface area contributed by atoms with Crippen molar-refractivity contribution in [2.75, 3.05) is 6.61 Å². The molecule has 0 bridgehead atoms. The molecule has 2 aromatic rings. The predicted molar refractivity (Wildman–Crippen MR) is 95.7 cm³/mol. The molecule has 0 radical (unpaired) electrons. The number of carbonyl (C=O) groups is 2. The van der Waals surface area contributed by atoms with Gasteiger partial charge in [0.2, 0.25) is 0 Å². The van der Waals surface area contributed by atoms with E-state index in [1.165, 1.54) is 18.2 Å². The number of hydrogen-bond acceptors (Lipinski definition) is 3. The number of amides is 1. The summed E-state index contributed by atoms with van der Waals surface area (Å²) in [5.41, 5.74) is 2.20. The molecule has 0 spiro atoms. The molecule has 0 saturated heterocycles. The van der Waals surface area contributed by atoms with Gasteiger partial charge in [-0.05, 0) is 60.5 Å². The molecule has 0 aromatic heterocycles. The van der Waals surface area contributed by atoms with Crippen molar-refractivity contribution in [3.63, 3.8) is 0 Å². The first kappa shape index (κ1) is 23.0. The van der Waals surface area contributed by atoms with Crippen LogP contribution in [0.3, 0.4) is 0 Å². The van der Waals surface area contributed by atoms with Gasteiger partial charge in [0.05, 0.1) is 11.1 Å². The van der Waals surface area contributed by atoms with Gasteiger partial charge in [-0.25, -0.2) is 0 Å². The third kappa shape index (κ3) is 6.10. The fraction of sp³-hybridized carbons (Fsp3) is 0.200. The van der Waals surface area contributed by atoms with Crippen LogP contribution in [0.1, 0.15) is 32.6 Å². The molecule has 0 heterocycles. The van der Waals surface area contributed by atoms with Crippen molar-refractivity contribution in [1.29, 1.82) is 0 Å². The van der Waals surface area contributed by atoms with Gasteiger partial charge in [0, 0.05) is 5.56 Å². The van der Waals surface area contributed by atoms with E-state index < -0.39 is 40.7 Å². The smallest absolute Gasteiger partial charge is 0.416 e. The number of benzene rings is 2. The highest BCUT2D eigenvalue weighted by Gasteiger charge is 2.36. The van der Waals surface area contributed by atoms with Crippen molar-refractivity contribution >= 4 is 17.8 Å². The zero-order chi connectivity index (χ0) is 22.7. The lowest BCUT2D eigenvalue weighted by molar-refractivity contribution is -0.143. The second-order valence-electron chi connectivity index (χ2n) is 6.27. The van der Waals surface area contributed by atoms with Crippen LogP contribution >= 0.6 is 0 Å². The van der Waals surface area contributed by atoms with Gasteiger partial charge >= 0.3 is 12.4 Å². The van der Waals surface area contributed by atoms with E-state index in [0.29, 0.717) is 23.4 Å². The second-order valence-corrected chi connectivity index (χ2v) is 6.27. The molecular formula is C20H15F6NO3. The molecule has 2 rings (SSSR count). The minimum absolute atomic E-state index is 0.00727. The lowest BCUT2D eigenvalue weighted by Gasteiger charge is -2.13. The predicted octanol–water partition coefficient (Wildman–Crippen LogP) is 4.79. The fourth-order valence-corrected chi connectivity index (χ4v) is 2.46. The number of allylic oxidation sites excluding steroid dienone is 1. The van der Waals surface area contributed by atoms with E-state index in [9.17, 15) is 35.9 Å². The van der Waals surface area contributed by atoms with Gasteiger partial charge in [0.25, 0.3) is 5.91 Å². The Hall–Kier alpha value is -3.30. The first-order chi connectivity index (χ1) is 13.8. The minimum atomic E-state index is -4.98. The molecule has 0 fully saturated rings. The second kappa shape index (κ2) is 8.60. The minimum Gasteiger partial charge on any atom is -0.484 e. The quantitative estimate of drug-likeness (QED) is 0.406. The highest BCUT2D eigenvalue weighted by molar-refractivity contribution is 6.07. The zero-order valence-electron chi connectivity index (χ0n) is 15.4. The van der Waals surface area contributed by atoms with Crippen LogP contribution in [-0.2, 0) is 17.1 Å². The molecule has 0 atom stereocenters. The maximum Gasteiger partial charge on any atom is 0.416 e. The lowest BCUT2D eigenvalue weighted by atomic mass is 10.0. The van der Waals surface area contributed by atoms with Crippen molar-refractivity contribution in [2.45, 2.75) is 19.3 Å². The van der Waals surface area contributed by atoms with Crippen molar-refractivity contribution in [1.82, 2.24) is 0 Å². The Morgan fingerprint density at radius 3 is 2.00 bits per heavy atom. The summed E-state index contributed by atoms with van der Waals surface area (Å²) in [6.45, 7) is 1.21. The van der Waals surface area contributed by atoms with E-state index in [4.69, 9.17) is 10.5 Å². The molecule has 0 aliphatic heterocycles. The molecule has 30 heavy (non-hydrogen) atoms. The molecule has 0 aliphatic rings. The summed E-state index contributed by atoms with van der Waals surface area (Å²) >= 11 is 0. The molecule has 4 nitrogen and oxygen atoms in total. The van der Waals surface area contributed by atoms with E-state index >= 15 is 0 Å². The number of primary amides is 1. The Morgan fingerprint density at radius 1 is 0.967 bits per heavy atom. The number of aryl methyl sites for hydroxylation is 1. The number of alkyl halides is 6. The molecule has 0 aliphatic carbocycles. The van der Waals surface area contributed by atoms with Gasteiger partial charge < -0.3 is 10.5 Å². The van der Waals surface area contributed by atoms with Gasteiger partial charge in [0.1, 0.15) is 5.75 Å². The fourth-order valence-electron chi connectivity index (χ4n) is 2.46. The standard InChI is InChI=1S/C20H15F6NO3/c1-11-6-13(3-5-17(11)30-10-18(27)29)16(28)4-2-12-7-14(19(21,22)23)9-15(8-12)20(24,25)26/h2-9H,10H2,1H3,(H2,27,29)/b4-2+. The van der Waals surface area contributed by atoms with E-state index in [2.05, 4.69) is 0 Å². The monoisotopic (exact) mass is 431 g/mol. The van der Waals surface area contributed by atoms with Crippen LogP contribution in [0, 0.1) is 6.92 Å². The van der Waals surface area contributed by atoms with Crippen molar-refractivity contribution in [3.05, 3.63) is 70.3 Å². The van der Waals surface area contributed by atoms with E-state index in [1.807, 2.05) is 0 Å². The average molecular weight is 431 g/mol. The summed E-state index contributed by atoms with van der Waals surface area (Å²) in [5.74, 6) is -1.05. The highest BCUT2D eigenvalue weighted by Crippen LogP contribution is 2.36. The third-order valence-electron chi connectivity index (χ3n) is 3.87. The number of ether oxygens (including phenoxy) is 1. The summed E-state index contributed by atoms with van der Waals surface area (Å²) in [6.07, 6.45) is -8.22. The summed E-state index contributed by atoms with van der Waals surface area (Å²) in [7, 11) is 0. The van der Waals surface area contributed by atoms with Crippen LogP contribution in [0.15, 0.2) is 42.5 Å². The van der Waals surface area contributed by atoms with Crippen molar-refractivity contribution in [2.24, 2.45) is 5.73 Å². The van der Waals surface area contributed by atoms with Crippen LogP contribution in [0.2, 0.25) is 0 Å². The summed E-state index contributed by atoms with van der Waals surface area (Å²) in [5, 5.41) is 0.